The van der Waals surface area contributed by atoms with Crippen molar-refractivity contribution in [3.63, 3.8) is 0 Å². The molecule has 0 fully saturated rings. The number of carboxylic acid groups (broad SMARTS) is 1. The zero-order valence-electron chi connectivity index (χ0n) is 8.63. The third-order valence-electron chi connectivity index (χ3n) is 1.84. The largest absolute Gasteiger partial charge is 0.481 e. The van der Waals surface area contributed by atoms with Crippen molar-refractivity contribution in [2.75, 3.05) is 6.54 Å². The fourth-order valence-electron chi connectivity index (χ4n) is 0.969. The van der Waals surface area contributed by atoms with Crippen LogP contribution in [0.15, 0.2) is 0 Å². The maximum Gasteiger partial charge on any atom is 0.308 e. The molecule has 1 unspecified atom stereocenters. The molecule has 0 radical (unpaired) electrons. The molecule has 0 aromatic heterocycles. The number of carbonyl (C=O) groups is 2. The lowest BCUT2D eigenvalue weighted by molar-refractivity contribution is -0.143. The van der Waals surface area contributed by atoms with E-state index in [0.29, 0.717) is 0 Å². The standard InChI is InChI=1S/C10H15NO3/c1-4-5-9(12)11-6-8(7(2)3)10(13)14/h7-8H,6H2,1-3H3,(H,11,12)(H,13,14). The van der Waals surface area contributed by atoms with Gasteiger partial charge in [0.2, 0.25) is 0 Å². The normalized spacial score (nSPS) is 11.4. The van der Waals surface area contributed by atoms with E-state index in [0.717, 1.165) is 0 Å². The first-order chi connectivity index (χ1) is 6.49. The Kier molecular flexibility index (Phi) is 5.38. The second-order valence-corrected chi connectivity index (χ2v) is 3.27. The van der Waals surface area contributed by atoms with Crippen molar-refractivity contribution in [1.82, 2.24) is 5.32 Å². The van der Waals surface area contributed by atoms with Gasteiger partial charge in [-0.2, -0.15) is 0 Å². The highest BCUT2D eigenvalue weighted by molar-refractivity contribution is 5.93. The highest BCUT2D eigenvalue weighted by Gasteiger charge is 2.21. The minimum Gasteiger partial charge on any atom is -0.481 e. The summed E-state index contributed by atoms with van der Waals surface area (Å²) in [5.41, 5.74) is 0. The molecule has 2 N–H and O–H groups in total. The van der Waals surface area contributed by atoms with E-state index in [1.807, 2.05) is 0 Å². The smallest absolute Gasteiger partial charge is 0.308 e. The van der Waals surface area contributed by atoms with Crippen LogP contribution in [0.25, 0.3) is 0 Å². The van der Waals surface area contributed by atoms with Crippen LogP contribution in [0, 0.1) is 23.7 Å². The lowest BCUT2D eigenvalue weighted by atomic mass is 9.96. The topological polar surface area (TPSA) is 66.4 Å². The fraction of sp³-hybridized carbons (Fsp3) is 0.600. The van der Waals surface area contributed by atoms with Gasteiger partial charge in [0.1, 0.15) is 0 Å². The van der Waals surface area contributed by atoms with Gasteiger partial charge < -0.3 is 10.4 Å². The van der Waals surface area contributed by atoms with Crippen molar-refractivity contribution in [3.8, 4) is 11.8 Å². The first-order valence-corrected chi connectivity index (χ1v) is 4.42. The van der Waals surface area contributed by atoms with Gasteiger partial charge in [0.15, 0.2) is 0 Å². The zero-order chi connectivity index (χ0) is 11.1. The maximum atomic E-state index is 10.9. The van der Waals surface area contributed by atoms with Crippen LogP contribution in [0.5, 0.6) is 0 Å². The second kappa shape index (κ2) is 6.03. The molecule has 0 rings (SSSR count). The minimum atomic E-state index is -0.898. The van der Waals surface area contributed by atoms with Crippen LogP contribution in [0.2, 0.25) is 0 Å². The van der Waals surface area contributed by atoms with E-state index in [9.17, 15) is 9.59 Å². The Morgan fingerprint density at radius 1 is 1.43 bits per heavy atom. The minimum absolute atomic E-state index is 0.0117. The molecule has 0 saturated heterocycles. The van der Waals surface area contributed by atoms with Gasteiger partial charge in [0, 0.05) is 6.54 Å². The predicted octanol–water partition coefficient (Wildman–Crippen LogP) is 0.483. The summed E-state index contributed by atoms with van der Waals surface area (Å²) < 4.78 is 0. The Balaban J connectivity index is 4.12. The molecule has 0 aromatic carbocycles. The van der Waals surface area contributed by atoms with Crippen LogP contribution in [0.1, 0.15) is 20.8 Å². The van der Waals surface area contributed by atoms with Crippen LogP contribution in [-0.2, 0) is 9.59 Å². The molecule has 0 aliphatic rings. The van der Waals surface area contributed by atoms with Crippen molar-refractivity contribution in [1.29, 1.82) is 0 Å². The molecule has 78 valence electrons. The molecule has 0 saturated carbocycles. The van der Waals surface area contributed by atoms with Crippen molar-refractivity contribution in [2.45, 2.75) is 20.8 Å². The summed E-state index contributed by atoms with van der Waals surface area (Å²) in [5.74, 6) is 2.83. The van der Waals surface area contributed by atoms with Crippen LogP contribution in [0.3, 0.4) is 0 Å². The Labute approximate surface area is 83.7 Å². The van der Waals surface area contributed by atoms with E-state index in [-0.39, 0.29) is 12.5 Å². The SMILES string of the molecule is CC#CC(=O)NCC(C(=O)O)C(C)C. The number of amides is 1. The van der Waals surface area contributed by atoms with E-state index < -0.39 is 17.8 Å². The van der Waals surface area contributed by atoms with Crippen LogP contribution in [0.4, 0.5) is 0 Å². The monoisotopic (exact) mass is 197 g/mol. The van der Waals surface area contributed by atoms with Gasteiger partial charge in [-0.3, -0.25) is 9.59 Å². The van der Waals surface area contributed by atoms with Gasteiger partial charge in [-0.25, -0.2) is 0 Å². The summed E-state index contributed by atoms with van der Waals surface area (Å²) in [5, 5.41) is 11.3. The van der Waals surface area contributed by atoms with E-state index in [2.05, 4.69) is 17.2 Å². The zero-order valence-corrected chi connectivity index (χ0v) is 8.63. The average molecular weight is 197 g/mol. The summed E-state index contributed by atoms with van der Waals surface area (Å²) in [6.07, 6.45) is 0. The summed E-state index contributed by atoms with van der Waals surface area (Å²) in [4.78, 5) is 21.6. The number of nitrogens with one attached hydrogen (secondary N) is 1. The molecule has 4 heteroatoms. The first-order valence-electron chi connectivity index (χ1n) is 4.42. The molecule has 0 bridgehead atoms. The van der Waals surface area contributed by atoms with Gasteiger partial charge in [0.05, 0.1) is 5.92 Å². The Morgan fingerprint density at radius 3 is 2.36 bits per heavy atom. The van der Waals surface area contributed by atoms with E-state index >= 15 is 0 Å². The van der Waals surface area contributed by atoms with Crippen LogP contribution >= 0.6 is 0 Å². The molecule has 1 amide bonds. The molecule has 14 heavy (non-hydrogen) atoms. The molecule has 1 atom stereocenters. The van der Waals surface area contributed by atoms with Crippen molar-refractivity contribution in [3.05, 3.63) is 0 Å². The molecule has 4 nitrogen and oxygen atoms in total. The van der Waals surface area contributed by atoms with Crippen LogP contribution < -0.4 is 5.32 Å². The summed E-state index contributed by atoms with van der Waals surface area (Å²) in [6.45, 7) is 5.28. The molecular weight excluding hydrogens is 182 g/mol. The molecule has 0 spiro atoms. The fourth-order valence-corrected chi connectivity index (χ4v) is 0.969. The van der Waals surface area contributed by atoms with Crippen LogP contribution in [-0.4, -0.2) is 23.5 Å². The van der Waals surface area contributed by atoms with Gasteiger partial charge in [-0.05, 0) is 18.8 Å². The number of carboxylic acids is 1. The third-order valence-corrected chi connectivity index (χ3v) is 1.84. The highest BCUT2D eigenvalue weighted by Crippen LogP contribution is 2.09. The number of hydrogen-bond acceptors (Lipinski definition) is 2. The quantitative estimate of drug-likeness (QED) is 0.644. The summed E-state index contributed by atoms with van der Waals surface area (Å²) in [6, 6.07) is 0. The number of aliphatic carboxylic acids is 1. The maximum absolute atomic E-state index is 10.9. The predicted molar refractivity (Wildman–Crippen MR) is 52.4 cm³/mol. The van der Waals surface area contributed by atoms with Gasteiger partial charge in [-0.1, -0.05) is 19.8 Å². The van der Waals surface area contributed by atoms with Gasteiger partial charge in [0.25, 0.3) is 5.91 Å². The van der Waals surface area contributed by atoms with Crippen molar-refractivity contribution in [2.24, 2.45) is 11.8 Å². The molecular formula is C10H15NO3. The Morgan fingerprint density at radius 2 is 2.00 bits per heavy atom. The lowest BCUT2D eigenvalue weighted by Crippen LogP contribution is -2.34. The Hall–Kier alpha value is -1.50. The third kappa shape index (κ3) is 4.51. The lowest BCUT2D eigenvalue weighted by Gasteiger charge is -2.15. The molecule has 0 aliphatic heterocycles. The van der Waals surface area contributed by atoms with E-state index in [4.69, 9.17) is 5.11 Å². The summed E-state index contributed by atoms with van der Waals surface area (Å²) in [7, 11) is 0. The molecule has 0 heterocycles. The molecule has 0 aromatic rings. The van der Waals surface area contributed by atoms with Gasteiger partial charge >= 0.3 is 5.97 Å². The average Bonchev–Trinajstić information content (AvgIpc) is 2.03. The van der Waals surface area contributed by atoms with Crippen molar-refractivity contribution < 1.29 is 14.7 Å². The highest BCUT2D eigenvalue weighted by atomic mass is 16.4. The number of hydrogen-bond donors (Lipinski definition) is 2. The molecule has 0 aliphatic carbocycles. The van der Waals surface area contributed by atoms with E-state index in [1.54, 1.807) is 20.8 Å². The second-order valence-electron chi connectivity index (χ2n) is 3.27. The van der Waals surface area contributed by atoms with Gasteiger partial charge in [-0.15, -0.1) is 0 Å². The number of carbonyl (C=O) groups excluding carboxylic acids is 1. The summed E-state index contributed by atoms with van der Waals surface area (Å²) >= 11 is 0. The first kappa shape index (κ1) is 12.5. The Bertz CT molecular complexity index is 273. The number of rotatable bonds is 4. The van der Waals surface area contributed by atoms with Crippen molar-refractivity contribution >= 4 is 11.9 Å². The van der Waals surface area contributed by atoms with E-state index in [1.165, 1.54) is 0 Å².